The fraction of sp³-hybridized carbons (Fsp3) is 0.524. The van der Waals surface area contributed by atoms with Gasteiger partial charge >= 0.3 is 0 Å². The fourth-order valence-electron chi connectivity index (χ4n) is 4.30. The second kappa shape index (κ2) is 8.33. The van der Waals surface area contributed by atoms with E-state index in [2.05, 4.69) is 25.3 Å². The molecular formula is C21H28N8OS. The van der Waals surface area contributed by atoms with Crippen molar-refractivity contribution in [1.82, 2.24) is 39.4 Å². The number of H-pyrrole nitrogens is 1. The average Bonchev–Trinajstić information content (AvgIpc) is 3.21. The Morgan fingerprint density at radius 1 is 1.16 bits per heavy atom. The van der Waals surface area contributed by atoms with Crippen LogP contribution in [0.1, 0.15) is 52.9 Å². The molecule has 0 atom stereocenters. The van der Waals surface area contributed by atoms with Gasteiger partial charge in [-0.2, -0.15) is 10.2 Å². The van der Waals surface area contributed by atoms with Crippen LogP contribution in [0.3, 0.4) is 0 Å². The second-order valence-electron chi connectivity index (χ2n) is 8.29. The molecule has 0 radical (unpaired) electrons. The van der Waals surface area contributed by atoms with Crippen molar-refractivity contribution in [2.75, 3.05) is 13.1 Å². The minimum absolute atomic E-state index is 0.126. The maximum atomic E-state index is 13.1. The topological polar surface area (TPSA) is 97.5 Å². The van der Waals surface area contributed by atoms with E-state index in [4.69, 9.17) is 12.2 Å². The number of carbonyl (C=O) groups excluding carboxylic acids is 1. The van der Waals surface area contributed by atoms with Crippen LogP contribution in [0.4, 0.5) is 0 Å². The molecule has 0 aliphatic carbocycles. The second-order valence-corrected chi connectivity index (χ2v) is 8.68. The molecular weight excluding hydrogens is 412 g/mol. The third-order valence-corrected chi connectivity index (χ3v) is 6.42. The Hall–Kier alpha value is -2.88. The van der Waals surface area contributed by atoms with Crippen LogP contribution in [0.5, 0.6) is 0 Å². The Labute approximate surface area is 186 Å². The van der Waals surface area contributed by atoms with E-state index in [1.807, 2.05) is 50.3 Å². The van der Waals surface area contributed by atoms with E-state index >= 15 is 0 Å². The largest absolute Gasteiger partial charge is 0.342 e. The highest BCUT2D eigenvalue weighted by molar-refractivity contribution is 7.71. The zero-order valence-corrected chi connectivity index (χ0v) is 19.5. The van der Waals surface area contributed by atoms with Crippen LogP contribution in [0.15, 0.2) is 6.07 Å². The molecule has 31 heavy (non-hydrogen) atoms. The predicted molar refractivity (Wildman–Crippen MR) is 119 cm³/mol. The molecule has 3 aromatic heterocycles. The first-order valence-corrected chi connectivity index (χ1v) is 10.9. The number of hydrogen-bond acceptors (Lipinski definition) is 6. The minimum atomic E-state index is 0.126. The molecule has 1 N–H and O–H groups in total. The van der Waals surface area contributed by atoms with Crippen molar-refractivity contribution < 1.29 is 4.79 Å². The maximum absolute atomic E-state index is 13.1. The highest BCUT2D eigenvalue weighted by Crippen LogP contribution is 2.27. The molecule has 0 saturated carbocycles. The lowest BCUT2D eigenvalue weighted by Crippen LogP contribution is -2.39. The van der Waals surface area contributed by atoms with E-state index in [1.54, 1.807) is 4.68 Å². The molecule has 1 fully saturated rings. The third-order valence-electron chi connectivity index (χ3n) is 6.06. The highest BCUT2D eigenvalue weighted by atomic mass is 32.1. The SMILES string of the molecule is Cc1cc(C)nc(-n2nc(C)c(CC(=O)N3CCC(c4n[nH]c(=S)n4C)CC3)c2C)n1. The summed E-state index contributed by atoms with van der Waals surface area (Å²) in [5.41, 5.74) is 4.48. The Kier molecular flexibility index (Phi) is 5.74. The molecule has 1 saturated heterocycles. The van der Waals surface area contributed by atoms with E-state index < -0.39 is 0 Å². The average molecular weight is 441 g/mol. The van der Waals surface area contributed by atoms with Crippen molar-refractivity contribution in [3.63, 3.8) is 0 Å². The van der Waals surface area contributed by atoms with E-state index in [0.29, 0.717) is 23.1 Å². The highest BCUT2D eigenvalue weighted by Gasteiger charge is 2.28. The summed E-state index contributed by atoms with van der Waals surface area (Å²) in [4.78, 5) is 24.0. The van der Waals surface area contributed by atoms with Gasteiger partial charge in [-0.25, -0.2) is 14.6 Å². The summed E-state index contributed by atoms with van der Waals surface area (Å²) >= 11 is 5.22. The summed E-state index contributed by atoms with van der Waals surface area (Å²) in [6.45, 7) is 9.22. The molecule has 0 bridgehead atoms. The molecule has 9 nitrogen and oxygen atoms in total. The molecule has 4 heterocycles. The molecule has 1 amide bonds. The van der Waals surface area contributed by atoms with Gasteiger partial charge in [-0.05, 0) is 58.8 Å². The molecule has 0 aromatic carbocycles. The fourth-order valence-corrected chi connectivity index (χ4v) is 4.44. The van der Waals surface area contributed by atoms with Crippen molar-refractivity contribution in [2.24, 2.45) is 7.05 Å². The summed E-state index contributed by atoms with van der Waals surface area (Å²) in [6, 6.07) is 1.93. The molecule has 0 spiro atoms. The van der Waals surface area contributed by atoms with Gasteiger partial charge in [0, 0.05) is 48.7 Å². The van der Waals surface area contributed by atoms with Gasteiger partial charge in [0.05, 0.1) is 12.1 Å². The van der Waals surface area contributed by atoms with Gasteiger partial charge in [0.1, 0.15) is 5.82 Å². The molecule has 1 aliphatic heterocycles. The predicted octanol–water partition coefficient (Wildman–Crippen LogP) is 2.64. The quantitative estimate of drug-likeness (QED) is 0.627. The van der Waals surface area contributed by atoms with Crippen LogP contribution in [0.2, 0.25) is 0 Å². The van der Waals surface area contributed by atoms with Gasteiger partial charge in [-0.15, -0.1) is 0 Å². The van der Waals surface area contributed by atoms with Crippen LogP contribution in [0, 0.1) is 32.5 Å². The Morgan fingerprint density at radius 3 is 2.39 bits per heavy atom. The monoisotopic (exact) mass is 440 g/mol. The number of carbonyl (C=O) groups is 1. The number of aryl methyl sites for hydroxylation is 3. The molecule has 4 rings (SSSR count). The van der Waals surface area contributed by atoms with E-state index in [-0.39, 0.29) is 5.91 Å². The lowest BCUT2D eigenvalue weighted by molar-refractivity contribution is -0.131. The summed E-state index contributed by atoms with van der Waals surface area (Å²) in [5, 5.41) is 11.8. The number of likely N-dealkylation sites (tertiary alicyclic amines) is 1. The minimum Gasteiger partial charge on any atom is -0.342 e. The number of amides is 1. The molecule has 1 aliphatic rings. The van der Waals surface area contributed by atoms with Crippen LogP contribution >= 0.6 is 12.2 Å². The molecule has 10 heteroatoms. The number of aromatic amines is 1. The number of hydrogen-bond donors (Lipinski definition) is 1. The normalized spacial score (nSPS) is 14.9. The van der Waals surface area contributed by atoms with Crippen LogP contribution < -0.4 is 0 Å². The number of piperidine rings is 1. The van der Waals surface area contributed by atoms with Gasteiger partial charge in [0.15, 0.2) is 4.77 Å². The zero-order chi connectivity index (χ0) is 22.3. The van der Waals surface area contributed by atoms with Crippen molar-refractivity contribution in [3.8, 4) is 5.95 Å². The Morgan fingerprint density at radius 2 is 1.81 bits per heavy atom. The van der Waals surface area contributed by atoms with Gasteiger partial charge < -0.3 is 9.47 Å². The number of rotatable bonds is 4. The van der Waals surface area contributed by atoms with Crippen molar-refractivity contribution in [2.45, 2.75) is 52.9 Å². The van der Waals surface area contributed by atoms with E-state index in [9.17, 15) is 4.79 Å². The van der Waals surface area contributed by atoms with Gasteiger partial charge in [-0.3, -0.25) is 9.89 Å². The zero-order valence-electron chi connectivity index (χ0n) is 18.6. The van der Waals surface area contributed by atoms with Crippen molar-refractivity contribution in [1.29, 1.82) is 0 Å². The summed E-state index contributed by atoms with van der Waals surface area (Å²) < 4.78 is 4.30. The van der Waals surface area contributed by atoms with Gasteiger partial charge in [-0.1, -0.05) is 0 Å². The summed E-state index contributed by atoms with van der Waals surface area (Å²) in [5.74, 6) is 1.96. The molecule has 0 unspecified atom stereocenters. The van der Waals surface area contributed by atoms with Gasteiger partial charge in [0.2, 0.25) is 5.91 Å². The van der Waals surface area contributed by atoms with Crippen molar-refractivity contribution in [3.05, 3.63) is 45.0 Å². The van der Waals surface area contributed by atoms with Crippen molar-refractivity contribution >= 4 is 18.1 Å². The first-order chi connectivity index (χ1) is 14.7. The Bertz CT molecular complexity index is 1160. The third kappa shape index (κ3) is 4.16. The Balaban J connectivity index is 1.46. The summed E-state index contributed by atoms with van der Waals surface area (Å²) in [6.07, 6.45) is 2.10. The van der Waals surface area contributed by atoms with E-state index in [1.165, 1.54) is 0 Å². The van der Waals surface area contributed by atoms with Gasteiger partial charge in [0.25, 0.3) is 5.95 Å². The lowest BCUT2D eigenvalue weighted by Gasteiger charge is -2.31. The summed E-state index contributed by atoms with van der Waals surface area (Å²) in [7, 11) is 1.93. The number of nitrogens with one attached hydrogen (secondary N) is 1. The molecule has 3 aromatic rings. The number of nitrogens with zero attached hydrogens (tertiary/aromatic N) is 7. The van der Waals surface area contributed by atoms with Crippen LogP contribution in [-0.4, -0.2) is 58.4 Å². The first kappa shape index (κ1) is 21.4. The van der Waals surface area contributed by atoms with Crippen LogP contribution in [-0.2, 0) is 18.3 Å². The smallest absolute Gasteiger partial charge is 0.251 e. The lowest BCUT2D eigenvalue weighted by atomic mass is 9.95. The maximum Gasteiger partial charge on any atom is 0.251 e. The number of aromatic nitrogens is 7. The molecule has 164 valence electrons. The first-order valence-electron chi connectivity index (χ1n) is 10.5. The standard InChI is InChI=1S/C21H28N8OS/c1-12-10-13(2)23-20(22-12)29-15(4)17(14(3)26-29)11-18(30)28-8-6-16(7-9-28)19-24-25-21(31)27(19)5/h10,16H,6-9,11H2,1-5H3,(H,25,31). The van der Waals surface area contributed by atoms with E-state index in [0.717, 1.165) is 60.1 Å². The van der Waals surface area contributed by atoms with Crippen LogP contribution in [0.25, 0.3) is 5.95 Å².